The Hall–Kier alpha value is 0.120. The van der Waals surface area contributed by atoms with Crippen molar-refractivity contribution in [3.05, 3.63) is 0 Å². The highest BCUT2D eigenvalue weighted by atomic mass is 31.2. The van der Waals surface area contributed by atoms with Crippen LogP contribution in [-0.4, -0.2) is 11.6 Å². The lowest BCUT2D eigenvalue weighted by Crippen LogP contribution is -1.54. The van der Waals surface area contributed by atoms with Crippen LogP contribution in [0.1, 0.15) is 0 Å². The van der Waals surface area contributed by atoms with Gasteiger partial charge in [-0.2, -0.15) is 4.20 Å². The fourth-order valence-corrected chi connectivity index (χ4v) is 0. The predicted octanol–water partition coefficient (Wildman–Crippen LogP) is 0.771. The van der Waals surface area contributed by atoms with Crippen molar-refractivity contribution in [3.63, 3.8) is 0 Å². The second-order valence-electron chi connectivity index (χ2n) is 0.778. The minimum Gasteiger partial charge on any atom is -0.321 e. The maximum Gasteiger partial charge on any atom is 0.362 e. The van der Waals surface area contributed by atoms with Crippen LogP contribution < -0.4 is 0 Å². The fourth-order valence-electron chi connectivity index (χ4n) is 0. The van der Waals surface area contributed by atoms with Crippen molar-refractivity contribution in [1.29, 1.82) is 0 Å². The lowest BCUT2D eigenvalue weighted by molar-refractivity contribution is 0.437. The molecule has 0 fully saturated rings. The maximum absolute atomic E-state index is 10.8. The van der Waals surface area contributed by atoms with Crippen molar-refractivity contribution in [2.75, 3.05) is 6.66 Å². The van der Waals surface area contributed by atoms with E-state index in [1.807, 2.05) is 0 Å². The highest BCUT2D eigenvalue weighted by Crippen LogP contribution is 2.35. The van der Waals surface area contributed by atoms with E-state index < -0.39 is 7.68 Å². The third kappa shape index (κ3) is 1290. The van der Waals surface area contributed by atoms with Crippen LogP contribution >= 0.6 is 7.68 Å². The number of halogens is 1. The molecular formula is CH4FO2P. The fraction of sp³-hybridized carbons (Fsp3) is 1.00. The minimum atomic E-state index is -4.14. The van der Waals surface area contributed by atoms with Gasteiger partial charge in [0.25, 0.3) is 0 Å². The van der Waals surface area contributed by atoms with E-state index in [1.54, 1.807) is 0 Å². The Morgan fingerprint density at radius 3 is 2.00 bits per heavy atom. The number of hydrogen-bond donors (Lipinski definition) is 1. The first-order valence-electron chi connectivity index (χ1n) is 0.999. The first kappa shape index (κ1) is 5.12. The summed E-state index contributed by atoms with van der Waals surface area (Å²) in [6, 6.07) is 0. The zero-order valence-corrected chi connectivity index (χ0v) is 3.58. The molecule has 0 saturated carbocycles. The third-order valence-electron chi connectivity index (χ3n) is 0. The summed E-state index contributed by atoms with van der Waals surface area (Å²) in [5.74, 6) is 0. The first-order chi connectivity index (χ1) is 2.00. The van der Waals surface area contributed by atoms with Crippen LogP contribution in [0.3, 0.4) is 0 Å². The smallest absolute Gasteiger partial charge is 0.321 e. The van der Waals surface area contributed by atoms with Gasteiger partial charge in [0.1, 0.15) is 0 Å². The van der Waals surface area contributed by atoms with E-state index in [0.29, 0.717) is 6.66 Å². The van der Waals surface area contributed by atoms with Crippen molar-refractivity contribution < 1.29 is 13.7 Å². The molecule has 0 spiro atoms. The van der Waals surface area contributed by atoms with Gasteiger partial charge in [0.2, 0.25) is 0 Å². The van der Waals surface area contributed by atoms with E-state index >= 15 is 0 Å². The lowest BCUT2D eigenvalue weighted by atomic mass is 12.0. The van der Waals surface area contributed by atoms with Crippen LogP contribution in [0.25, 0.3) is 0 Å². The van der Waals surface area contributed by atoms with Crippen LogP contribution in [0.4, 0.5) is 4.20 Å². The molecule has 4 heteroatoms. The molecule has 0 aliphatic rings. The molecular weight excluding hydrogens is 94.0 g/mol. The summed E-state index contributed by atoms with van der Waals surface area (Å²) in [6.07, 6.45) is 0. The Balaban J connectivity index is 3.47. The topological polar surface area (TPSA) is 37.3 Å². The van der Waals surface area contributed by atoms with Gasteiger partial charge < -0.3 is 4.89 Å². The Morgan fingerprint density at radius 2 is 2.00 bits per heavy atom. The molecule has 0 aliphatic carbocycles. The third-order valence-corrected chi connectivity index (χ3v) is 0. The van der Waals surface area contributed by atoms with Crippen molar-refractivity contribution in [2.45, 2.75) is 0 Å². The van der Waals surface area contributed by atoms with Crippen LogP contribution in [0, 0.1) is 0 Å². The van der Waals surface area contributed by atoms with Crippen LogP contribution in [0.15, 0.2) is 0 Å². The van der Waals surface area contributed by atoms with E-state index in [1.165, 1.54) is 0 Å². The second kappa shape index (κ2) is 1.07. The molecule has 0 amide bonds. The van der Waals surface area contributed by atoms with Gasteiger partial charge in [0.05, 0.1) is 0 Å². The standard InChI is InChI=1S/CH4FO2P/c1-5(2,3)4/h1H3,(H,3,4). The Labute approximate surface area is 29.2 Å². The number of hydrogen-bond acceptors (Lipinski definition) is 1. The Kier molecular flexibility index (Phi) is 1.10. The van der Waals surface area contributed by atoms with E-state index in [9.17, 15) is 4.20 Å². The first-order valence-corrected chi connectivity index (χ1v) is 3.00. The van der Waals surface area contributed by atoms with Gasteiger partial charge in [-0.05, 0) is 0 Å². The molecule has 2 nitrogen and oxygen atoms in total. The molecule has 32 valence electrons. The molecule has 1 N–H and O–H groups in total. The van der Waals surface area contributed by atoms with E-state index in [2.05, 4.69) is 0 Å². The van der Waals surface area contributed by atoms with Crippen molar-refractivity contribution in [1.82, 2.24) is 0 Å². The van der Waals surface area contributed by atoms with Crippen molar-refractivity contribution in [3.8, 4) is 0 Å². The summed E-state index contributed by atoms with van der Waals surface area (Å²) >= 11 is 0. The van der Waals surface area contributed by atoms with Gasteiger partial charge in [0.15, 0.2) is 0 Å². The molecule has 0 heterocycles. The molecule has 5 heavy (non-hydrogen) atoms. The molecule has 0 aromatic carbocycles. The largest absolute Gasteiger partial charge is 0.362 e. The van der Waals surface area contributed by atoms with Gasteiger partial charge in [-0.15, -0.1) is 0 Å². The highest BCUT2D eigenvalue weighted by Gasteiger charge is 1.99. The number of rotatable bonds is 0. The van der Waals surface area contributed by atoms with Gasteiger partial charge in [0, 0.05) is 6.66 Å². The van der Waals surface area contributed by atoms with Crippen molar-refractivity contribution in [2.24, 2.45) is 0 Å². The summed E-state index contributed by atoms with van der Waals surface area (Å²) < 4.78 is 19.9. The molecule has 0 aromatic rings. The van der Waals surface area contributed by atoms with Crippen LogP contribution in [0.5, 0.6) is 0 Å². The minimum absolute atomic E-state index is 0.632. The SMILES string of the molecule is CP(=O)(O)F. The van der Waals surface area contributed by atoms with E-state index in [4.69, 9.17) is 9.46 Å². The average Bonchev–Trinajstić information content (AvgIpc) is 0.722. The molecule has 0 saturated heterocycles. The summed E-state index contributed by atoms with van der Waals surface area (Å²) in [5, 5.41) is 0. The predicted molar refractivity (Wildman–Crippen MR) is 16.9 cm³/mol. The van der Waals surface area contributed by atoms with Crippen LogP contribution in [-0.2, 0) is 4.57 Å². The summed E-state index contributed by atoms with van der Waals surface area (Å²) in [6.45, 7) is 0.632. The quantitative estimate of drug-likeness (QED) is 0.454. The van der Waals surface area contributed by atoms with Gasteiger partial charge in [-0.1, -0.05) is 0 Å². The van der Waals surface area contributed by atoms with E-state index in [-0.39, 0.29) is 0 Å². The Morgan fingerprint density at radius 1 is 2.00 bits per heavy atom. The summed E-state index contributed by atoms with van der Waals surface area (Å²) in [7, 11) is -4.14. The summed E-state index contributed by atoms with van der Waals surface area (Å²) in [4.78, 5) is 7.41. The van der Waals surface area contributed by atoms with E-state index in [0.717, 1.165) is 0 Å². The average molecular weight is 98.0 g/mol. The molecule has 0 radical (unpaired) electrons. The molecule has 0 aliphatic heterocycles. The molecule has 0 bridgehead atoms. The van der Waals surface area contributed by atoms with Crippen LogP contribution in [0.2, 0.25) is 0 Å². The lowest BCUT2D eigenvalue weighted by Gasteiger charge is -1.79. The van der Waals surface area contributed by atoms with Gasteiger partial charge >= 0.3 is 7.68 Å². The highest BCUT2D eigenvalue weighted by molar-refractivity contribution is 7.51. The van der Waals surface area contributed by atoms with Gasteiger partial charge in [-0.25, -0.2) is 0 Å². The molecule has 1 atom stereocenters. The Bertz CT molecular complexity index is 55.8. The zero-order valence-electron chi connectivity index (χ0n) is 2.68. The molecule has 1 unspecified atom stereocenters. The molecule has 0 rings (SSSR count). The van der Waals surface area contributed by atoms with Crippen molar-refractivity contribution >= 4 is 7.68 Å². The second-order valence-corrected chi connectivity index (χ2v) is 2.33. The van der Waals surface area contributed by atoms with Gasteiger partial charge in [-0.3, -0.25) is 4.57 Å². The molecule has 0 aromatic heterocycles. The zero-order chi connectivity index (χ0) is 4.50. The maximum atomic E-state index is 10.8. The summed E-state index contributed by atoms with van der Waals surface area (Å²) in [5.41, 5.74) is 0. The normalized spacial score (nSPS) is 21.4. The monoisotopic (exact) mass is 98.0 g/mol.